The monoisotopic (exact) mass is 232 g/mol. The maximum Gasteiger partial charge on any atom is 0.152 e. The number of nitrogen functional groups attached to an aromatic ring is 1. The van der Waals surface area contributed by atoms with Crippen molar-refractivity contribution in [1.82, 2.24) is 4.98 Å². The van der Waals surface area contributed by atoms with E-state index in [9.17, 15) is 0 Å². The minimum absolute atomic E-state index is 0.364. The third-order valence-electron chi connectivity index (χ3n) is 2.63. The summed E-state index contributed by atoms with van der Waals surface area (Å²) in [4.78, 5) is 3.96. The van der Waals surface area contributed by atoms with Crippen molar-refractivity contribution < 1.29 is 0 Å². The number of aryl methyl sites for hydroxylation is 1. The Morgan fingerprint density at radius 2 is 1.94 bits per heavy atom. The highest BCUT2D eigenvalue weighted by atomic mass is 35.5. The quantitative estimate of drug-likeness (QED) is 0.805. The molecule has 0 fully saturated rings. The molecule has 82 valence electrons. The molecule has 0 aliphatic heterocycles. The van der Waals surface area contributed by atoms with E-state index in [4.69, 9.17) is 17.3 Å². The fourth-order valence-corrected chi connectivity index (χ4v) is 1.93. The van der Waals surface area contributed by atoms with Crippen LogP contribution in [0.25, 0.3) is 11.1 Å². The van der Waals surface area contributed by atoms with E-state index in [-0.39, 0.29) is 0 Å². The summed E-state index contributed by atoms with van der Waals surface area (Å²) < 4.78 is 0. The van der Waals surface area contributed by atoms with Crippen LogP contribution in [0.5, 0.6) is 0 Å². The first-order valence-electron chi connectivity index (χ1n) is 5.22. The number of halogens is 1. The van der Waals surface area contributed by atoms with Crippen LogP contribution in [0.1, 0.15) is 12.5 Å². The van der Waals surface area contributed by atoms with Gasteiger partial charge < -0.3 is 5.73 Å². The van der Waals surface area contributed by atoms with Gasteiger partial charge in [0, 0.05) is 11.8 Å². The van der Waals surface area contributed by atoms with Crippen LogP contribution in [0.4, 0.5) is 5.69 Å². The van der Waals surface area contributed by atoms with Gasteiger partial charge in [-0.1, -0.05) is 42.8 Å². The molecule has 0 aliphatic rings. The third-order valence-corrected chi connectivity index (χ3v) is 2.93. The summed E-state index contributed by atoms with van der Waals surface area (Å²) in [6.07, 6.45) is 2.65. The van der Waals surface area contributed by atoms with Crippen LogP contribution in [-0.4, -0.2) is 4.98 Å². The summed E-state index contributed by atoms with van der Waals surface area (Å²) in [6, 6.07) is 10.1. The Kier molecular flexibility index (Phi) is 3.11. The number of hydrogen-bond donors (Lipinski definition) is 1. The molecule has 2 rings (SSSR count). The maximum absolute atomic E-state index is 5.94. The summed E-state index contributed by atoms with van der Waals surface area (Å²) in [5, 5.41) is 0.364. The molecule has 1 aromatic heterocycles. The van der Waals surface area contributed by atoms with Crippen molar-refractivity contribution >= 4 is 17.3 Å². The molecule has 0 saturated carbocycles. The molecule has 1 heterocycles. The van der Waals surface area contributed by atoms with Crippen LogP contribution in [0.15, 0.2) is 36.5 Å². The lowest BCUT2D eigenvalue weighted by atomic mass is 9.98. The van der Waals surface area contributed by atoms with Gasteiger partial charge in [0.2, 0.25) is 0 Å². The number of aromatic nitrogens is 1. The Morgan fingerprint density at radius 1 is 1.19 bits per heavy atom. The van der Waals surface area contributed by atoms with Crippen molar-refractivity contribution in [1.29, 1.82) is 0 Å². The fourth-order valence-electron chi connectivity index (χ4n) is 1.77. The van der Waals surface area contributed by atoms with Crippen molar-refractivity contribution in [3.05, 3.63) is 47.2 Å². The van der Waals surface area contributed by atoms with Gasteiger partial charge in [0.25, 0.3) is 0 Å². The second kappa shape index (κ2) is 4.54. The molecule has 0 spiro atoms. The predicted molar refractivity (Wildman–Crippen MR) is 68.5 cm³/mol. The average molecular weight is 233 g/mol. The van der Waals surface area contributed by atoms with Crippen molar-refractivity contribution in [3.8, 4) is 11.1 Å². The summed E-state index contributed by atoms with van der Waals surface area (Å²) in [5.41, 5.74) is 9.84. The second-order valence-electron chi connectivity index (χ2n) is 3.57. The Labute approximate surface area is 100 Å². The molecule has 2 N–H and O–H groups in total. The number of anilines is 1. The van der Waals surface area contributed by atoms with Crippen molar-refractivity contribution in [3.63, 3.8) is 0 Å². The third kappa shape index (κ3) is 1.89. The largest absolute Gasteiger partial charge is 0.396 e. The van der Waals surface area contributed by atoms with E-state index in [0.29, 0.717) is 10.8 Å². The lowest BCUT2D eigenvalue weighted by molar-refractivity contribution is 1.14. The van der Waals surface area contributed by atoms with Crippen molar-refractivity contribution in [2.45, 2.75) is 13.3 Å². The first-order valence-corrected chi connectivity index (χ1v) is 5.60. The molecule has 3 heteroatoms. The van der Waals surface area contributed by atoms with Crippen LogP contribution in [0, 0.1) is 0 Å². The molecule has 1 aromatic carbocycles. The van der Waals surface area contributed by atoms with E-state index in [1.165, 1.54) is 5.56 Å². The molecular weight excluding hydrogens is 220 g/mol. The van der Waals surface area contributed by atoms with E-state index in [1.54, 1.807) is 6.20 Å². The average Bonchev–Trinajstić information content (AvgIpc) is 2.33. The van der Waals surface area contributed by atoms with Gasteiger partial charge in [-0.2, -0.15) is 0 Å². The summed E-state index contributed by atoms with van der Waals surface area (Å²) >= 11 is 5.92. The highest BCUT2D eigenvalue weighted by Gasteiger charge is 2.09. The van der Waals surface area contributed by atoms with Gasteiger partial charge in [-0.15, -0.1) is 0 Å². The van der Waals surface area contributed by atoms with Crippen LogP contribution >= 0.6 is 11.6 Å². The minimum atomic E-state index is 0.364. The zero-order valence-corrected chi connectivity index (χ0v) is 9.83. The van der Waals surface area contributed by atoms with E-state index < -0.39 is 0 Å². The van der Waals surface area contributed by atoms with E-state index in [1.807, 2.05) is 18.2 Å². The van der Waals surface area contributed by atoms with Gasteiger partial charge in [0.15, 0.2) is 5.15 Å². The Bertz CT molecular complexity index is 509. The fraction of sp³-hybridized carbons (Fsp3) is 0.154. The molecule has 0 bridgehead atoms. The molecule has 16 heavy (non-hydrogen) atoms. The molecule has 0 aliphatic carbocycles. The van der Waals surface area contributed by atoms with Crippen LogP contribution in [0.3, 0.4) is 0 Å². The number of benzene rings is 1. The zero-order chi connectivity index (χ0) is 11.5. The van der Waals surface area contributed by atoms with Gasteiger partial charge in [-0.25, -0.2) is 4.98 Å². The number of nitrogens with two attached hydrogens (primary N) is 1. The van der Waals surface area contributed by atoms with E-state index in [2.05, 4.69) is 24.0 Å². The molecule has 2 nitrogen and oxygen atoms in total. The molecular formula is C13H13ClN2. The summed E-state index contributed by atoms with van der Waals surface area (Å²) in [5.74, 6) is 0. The summed E-state index contributed by atoms with van der Waals surface area (Å²) in [7, 11) is 0. The smallest absolute Gasteiger partial charge is 0.152 e. The molecule has 2 aromatic rings. The zero-order valence-electron chi connectivity index (χ0n) is 9.07. The van der Waals surface area contributed by atoms with E-state index >= 15 is 0 Å². The Hall–Kier alpha value is -1.54. The molecule has 0 saturated heterocycles. The molecule has 0 atom stereocenters. The first kappa shape index (κ1) is 11.0. The first-order chi connectivity index (χ1) is 7.74. The van der Waals surface area contributed by atoms with Gasteiger partial charge >= 0.3 is 0 Å². The van der Waals surface area contributed by atoms with Crippen molar-refractivity contribution in [2.24, 2.45) is 0 Å². The second-order valence-corrected chi connectivity index (χ2v) is 3.93. The van der Waals surface area contributed by atoms with Gasteiger partial charge in [0.05, 0.1) is 5.69 Å². The minimum Gasteiger partial charge on any atom is -0.396 e. The molecule has 0 radical (unpaired) electrons. The highest BCUT2D eigenvalue weighted by molar-refractivity contribution is 6.32. The van der Waals surface area contributed by atoms with Crippen LogP contribution in [0.2, 0.25) is 5.15 Å². The lowest BCUT2D eigenvalue weighted by Crippen LogP contribution is -1.95. The normalized spacial score (nSPS) is 10.4. The predicted octanol–water partition coefficient (Wildman–Crippen LogP) is 3.55. The number of nitrogens with zero attached hydrogens (tertiary/aromatic N) is 1. The van der Waals surface area contributed by atoms with Crippen LogP contribution in [-0.2, 0) is 6.42 Å². The molecule has 0 amide bonds. The SMILES string of the molecule is CCc1ccccc1-c1ccnc(Cl)c1N. The highest BCUT2D eigenvalue weighted by Crippen LogP contribution is 2.32. The maximum atomic E-state index is 5.94. The molecule has 0 unspecified atom stereocenters. The number of pyridine rings is 1. The van der Waals surface area contributed by atoms with Gasteiger partial charge in [0.1, 0.15) is 0 Å². The standard InChI is InChI=1S/C13H13ClN2/c1-2-9-5-3-4-6-10(9)11-7-8-16-13(14)12(11)15/h3-8H,2,15H2,1H3. The van der Waals surface area contributed by atoms with Crippen LogP contribution < -0.4 is 5.73 Å². The number of rotatable bonds is 2. The summed E-state index contributed by atoms with van der Waals surface area (Å²) in [6.45, 7) is 2.12. The van der Waals surface area contributed by atoms with Gasteiger partial charge in [-0.3, -0.25) is 0 Å². The number of hydrogen-bond acceptors (Lipinski definition) is 2. The lowest BCUT2D eigenvalue weighted by Gasteiger charge is -2.10. The topological polar surface area (TPSA) is 38.9 Å². The van der Waals surface area contributed by atoms with Gasteiger partial charge in [-0.05, 0) is 23.6 Å². The Morgan fingerprint density at radius 3 is 2.69 bits per heavy atom. The Balaban J connectivity index is 2.63. The van der Waals surface area contributed by atoms with E-state index in [0.717, 1.165) is 17.5 Å². The van der Waals surface area contributed by atoms with Crippen molar-refractivity contribution in [2.75, 3.05) is 5.73 Å².